The molecule has 0 saturated heterocycles. The first-order valence-corrected chi connectivity index (χ1v) is 13.1. The molecule has 0 radical (unpaired) electrons. The Bertz CT molecular complexity index is 954. The van der Waals surface area contributed by atoms with Gasteiger partial charge in [0.25, 0.3) is 0 Å². The van der Waals surface area contributed by atoms with Crippen molar-refractivity contribution in [3.05, 3.63) is 35.4 Å². The van der Waals surface area contributed by atoms with E-state index in [2.05, 4.69) is 10.6 Å². The molecule has 37 heavy (non-hydrogen) atoms. The van der Waals surface area contributed by atoms with Gasteiger partial charge in [0.05, 0.1) is 13.0 Å². The lowest BCUT2D eigenvalue weighted by molar-refractivity contribution is -0.145. The first-order valence-electron chi connectivity index (χ1n) is 13.1. The third-order valence-corrected chi connectivity index (χ3v) is 6.14. The molecule has 9 nitrogen and oxygen atoms in total. The Morgan fingerprint density at radius 1 is 1.11 bits per heavy atom. The molecule has 4 unspecified atom stereocenters. The molecule has 4 atom stereocenters. The zero-order chi connectivity index (χ0) is 27.9. The number of hydrogen-bond acceptors (Lipinski definition) is 6. The van der Waals surface area contributed by atoms with E-state index in [1.165, 1.54) is 0 Å². The van der Waals surface area contributed by atoms with Crippen molar-refractivity contribution >= 4 is 23.9 Å². The Labute approximate surface area is 220 Å². The molecule has 0 spiro atoms. The van der Waals surface area contributed by atoms with Gasteiger partial charge in [-0.05, 0) is 58.4 Å². The Morgan fingerprint density at radius 2 is 1.70 bits per heavy atom. The number of rotatable bonds is 11. The average molecular weight is 518 g/mol. The van der Waals surface area contributed by atoms with Crippen LogP contribution in [0.2, 0.25) is 0 Å². The van der Waals surface area contributed by atoms with E-state index in [1.54, 1.807) is 32.6 Å². The Balaban J connectivity index is 2.39. The fourth-order valence-electron chi connectivity index (χ4n) is 4.09. The monoisotopic (exact) mass is 517 g/mol. The molecular weight excluding hydrogens is 474 g/mol. The van der Waals surface area contributed by atoms with Crippen molar-refractivity contribution in [3.63, 3.8) is 0 Å². The van der Waals surface area contributed by atoms with Gasteiger partial charge in [-0.1, -0.05) is 50.6 Å². The van der Waals surface area contributed by atoms with E-state index in [4.69, 9.17) is 9.47 Å². The van der Waals surface area contributed by atoms with Gasteiger partial charge in [-0.15, -0.1) is 0 Å². The number of carbonyl (C=O) groups is 4. The summed E-state index contributed by atoms with van der Waals surface area (Å²) in [5.74, 6) is -1.18. The molecule has 1 saturated carbocycles. The minimum Gasteiger partial charge on any atom is -0.466 e. The molecule has 206 valence electrons. The number of amides is 3. The van der Waals surface area contributed by atoms with Crippen LogP contribution in [0.15, 0.2) is 24.3 Å². The van der Waals surface area contributed by atoms with Crippen molar-refractivity contribution < 1.29 is 28.7 Å². The Morgan fingerprint density at radius 3 is 2.19 bits per heavy atom. The van der Waals surface area contributed by atoms with Gasteiger partial charge >= 0.3 is 12.1 Å². The first-order chi connectivity index (χ1) is 17.2. The minimum absolute atomic E-state index is 0.0305. The van der Waals surface area contributed by atoms with Crippen molar-refractivity contribution in [1.29, 1.82) is 0 Å². The van der Waals surface area contributed by atoms with E-state index >= 15 is 0 Å². The summed E-state index contributed by atoms with van der Waals surface area (Å²) in [4.78, 5) is 53.6. The summed E-state index contributed by atoms with van der Waals surface area (Å²) in [5, 5.41) is 5.54. The van der Waals surface area contributed by atoms with Crippen LogP contribution in [0.25, 0.3) is 0 Å². The van der Waals surface area contributed by atoms with Crippen LogP contribution in [-0.4, -0.2) is 59.6 Å². The van der Waals surface area contributed by atoms with E-state index in [0.29, 0.717) is 5.56 Å². The number of nitrogens with zero attached hydrogens (tertiary/aromatic N) is 1. The summed E-state index contributed by atoms with van der Waals surface area (Å²) in [5.41, 5.74) is 0.962. The maximum atomic E-state index is 14.1. The molecule has 0 aliphatic heterocycles. The Hall–Kier alpha value is -3.10. The lowest BCUT2D eigenvalue weighted by Gasteiger charge is -2.36. The molecule has 2 N–H and O–H groups in total. The number of esters is 1. The molecule has 3 amide bonds. The maximum Gasteiger partial charge on any atom is 0.408 e. The second-order valence-electron chi connectivity index (χ2n) is 11.1. The molecule has 1 aromatic carbocycles. The van der Waals surface area contributed by atoms with Gasteiger partial charge in [-0.25, -0.2) is 4.79 Å². The number of carbonyl (C=O) groups excluding carboxylic acids is 4. The predicted octanol–water partition coefficient (Wildman–Crippen LogP) is 3.89. The quantitative estimate of drug-likeness (QED) is 0.431. The lowest BCUT2D eigenvalue weighted by atomic mass is 9.98. The van der Waals surface area contributed by atoms with Crippen molar-refractivity contribution in [1.82, 2.24) is 15.5 Å². The first kappa shape index (κ1) is 30.1. The highest BCUT2D eigenvalue weighted by Gasteiger charge is 2.48. The largest absolute Gasteiger partial charge is 0.466 e. The molecule has 1 fully saturated rings. The molecule has 2 rings (SSSR count). The van der Waals surface area contributed by atoms with Gasteiger partial charge in [0.1, 0.15) is 17.7 Å². The highest BCUT2D eigenvalue weighted by atomic mass is 16.6. The van der Waals surface area contributed by atoms with Crippen LogP contribution >= 0.6 is 0 Å². The predicted molar refractivity (Wildman–Crippen MR) is 141 cm³/mol. The van der Waals surface area contributed by atoms with Crippen molar-refractivity contribution in [3.8, 4) is 0 Å². The molecule has 1 aliphatic carbocycles. The molecule has 0 aromatic heterocycles. The number of aryl methyl sites for hydroxylation is 1. The fourth-order valence-corrected chi connectivity index (χ4v) is 4.09. The normalized spacial score (nSPS) is 18.4. The second kappa shape index (κ2) is 12.9. The van der Waals surface area contributed by atoms with Crippen molar-refractivity contribution in [2.24, 2.45) is 11.8 Å². The highest BCUT2D eigenvalue weighted by molar-refractivity contribution is 5.93. The maximum absolute atomic E-state index is 14.1. The fraction of sp³-hybridized carbons (Fsp3) is 0.643. The van der Waals surface area contributed by atoms with Crippen LogP contribution in [0.4, 0.5) is 4.79 Å². The number of alkyl carbamates (subject to hydrolysis) is 1. The van der Waals surface area contributed by atoms with Crippen molar-refractivity contribution in [2.45, 2.75) is 92.0 Å². The molecule has 9 heteroatoms. The van der Waals surface area contributed by atoms with Crippen LogP contribution in [0.1, 0.15) is 78.5 Å². The van der Waals surface area contributed by atoms with Crippen LogP contribution in [0.5, 0.6) is 0 Å². The summed E-state index contributed by atoms with van der Waals surface area (Å²) in [6, 6.07) is 5.50. The van der Waals surface area contributed by atoms with Gasteiger partial charge in [-0.3, -0.25) is 14.4 Å². The molecular formula is C28H43N3O6. The number of benzene rings is 1. The topological polar surface area (TPSA) is 114 Å². The van der Waals surface area contributed by atoms with Crippen molar-refractivity contribution in [2.75, 3.05) is 13.2 Å². The molecule has 0 bridgehead atoms. The van der Waals surface area contributed by atoms with Gasteiger partial charge < -0.3 is 25.0 Å². The van der Waals surface area contributed by atoms with Gasteiger partial charge in [0, 0.05) is 12.6 Å². The van der Waals surface area contributed by atoms with Crippen LogP contribution < -0.4 is 10.6 Å². The highest BCUT2D eigenvalue weighted by Crippen LogP contribution is 2.41. The standard InChI is InChI=1S/C28H43N3O6/c1-9-36-22(32)14-15-29-25(33)24(20-12-10-18(4)11-13-20)31(21-16-19(21)5)26(34)23(17(2)3)30-27(35)37-28(6,7)8/h10-13,17,19,21,23-24H,9,14-16H2,1-8H3,(H,29,33)(H,30,35). The minimum atomic E-state index is -0.924. The summed E-state index contributed by atoms with van der Waals surface area (Å²) in [7, 11) is 0. The third kappa shape index (κ3) is 9.05. The van der Waals surface area contributed by atoms with E-state index in [9.17, 15) is 19.2 Å². The summed E-state index contributed by atoms with van der Waals surface area (Å²) >= 11 is 0. The summed E-state index contributed by atoms with van der Waals surface area (Å²) in [6.07, 6.45) is 0.0960. The molecule has 1 aromatic rings. The van der Waals surface area contributed by atoms with Crippen LogP contribution in [-0.2, 0) is 23.9 Å². The zero-order valence-corrected chi connectivity index (χ0v) is 23.4. The SMILES string of the molecule is CCOC(=O)CCNC(=O)C(c1ccc(C)cc1)N(C(=O)C(NC(=O)OC(C)(C)C)C(C)C)C1CC1C. The van der Waals surface area contributed by atoms with E-state index in [0.717, 1.165) is 12.0 Å². The smallest absolute Gasteiger partial charge is 0.408 e. The van der Waals surface area contributed by atoms with Gasteiger partial charge in [0.15, 0.2) is 0 Å². The molecule has 0 heterocycles. The van der Waals surface area contributed by atoms with Gasteiger partial charge in [-0.2, -0.15) is 0 Å². The third-order valence-electron chi connectivity index (χ3n) is 6.14. The van der Waals surface area contributed by atoms with Crippen LogP contribution in [0, 0.1) is 18.8 Å². The van der Waals surface area contributed by atoms with E-state index in [1.807, 2.05) is 52.0 Å². The van der Waals surface area contributed by atoms with E-state index in [-0.39, 0.29) is 49.3 Å². The average Bonchev–Trinajstić information content (AvgIpc) is 3.50. The van der Waals surface area contributed by atoms with E-state index < -0.39 is 29.7 Å². The second-order valence-corrected chi connectivity index (χ2v) is 11.1. The number of hydrogen-bond donors (Lipinski definition) is 2. The number of ether oxygens (including phenoxy) is 2. The Kier molecular flexibility index (Phi) is 10.5. The van der Waals surface area contributed by atoms with Crippen LogP contribution in [0.3, 0.4) is 0 Å². The van der Waals surface area contributed by atoms with Gasteiger partial charge in [0.2, 0.25) is 11.8 Å². The summed E-state index contributed by atoms with van der Waals surface area (Å²) in [6.45, 7) is 15.0. The lowest BCUT2D eigenvalue weighted by Crippen LogP contribution is -2.55. The number of nitrogens with one attached hydrogen (secondary N) is 2. The zero-order valence-electron chi connectivity index (χ0n) is 23.4. The molecule has 1 aliphatic rings. The summed E-state index contributed by atoms with van der Waals surface area (Å²) < 4.78 is 10.4.